The lowest BCUT2D eigenvalue weighted by Crippen LogP contribution is -2.64. The van der Waals surface area contributed by atoms with E-state index in [2.05, 4.69) is 35.7 Å². The number of rotatable bonds is 24. The zero-order valence-electron chi connectivity index (χ0n) is 42.5. The van der Waals surface area contributed by atoms with Crippen LogP contribution in [-0.4, -0.2) is 140 Å². The van der Waals surface area contributed by atoms with E-state index in [1.807, 2.05) is 74.5 Å². The van der Waals surface area contributed by atoms with Gasteiger partial charge in [-0.1, -0.05) is 94.3 Å². The van der Waals surface area contributed by atoms with Gasteiger partial charge in [0.1, 0.15) is 44.4 Å². The number of terminal acetylenes is 1. The average molecular weight is 1020 g/mol. The minimum atomic E-state index is -3.92. The molecule has 392 valence electrons. The van der Waals surface area contributed by atoms with Crippen LogP contribution in [0.3, 0.4) is 0 Å². The molecule has 5 amide bonds. The zero-order chi connectivity index (χ0) is 53.1. The summed E-state index contributed by atoms with van der Waals surface area (Å²) in [6.07, 6.45) is 7.64. The highest BCUT2D eigenvalue weighted by Crippen LogP contribution is 2.33. The molecule has 3 N–H and O–H groups in total. The molecule has 2 aliphatic heterocycles. The lowest BCUT2D eigenvalue weighted by Gasteiger charge is -2.42. The number of nitrogens with one attached hydrogen (secondary N) is 3. The topological polar surface area (TPSA) is 239 Å². The van der Waals surface area contributed by atoms with E-state index >= 15 is 9.59 Å². The normalized spacial score (nSPS) is 17.1. The molecule has 0 bridgehead atoms. The van der Waals surface area contributed by atoms with Crippen molar-refractivity contribution >= 4 is 45.6 Å². The number of esters is 1. The van der Waals surface area contributed by atoms with Crippen molar-refractivity contribution in [2.75, 3.05) is 58.9 Å². The van der Waals surface area contributed by atoms with Crippen LogP contribution in [0, 0.1) is 24.2 Å². The zero-order valence-corrected chi connectivity index (χ0v) is 43.3. The molecular formula is C53H71N5O13S. The maximum atomic E-state index is 15.2. The third kappa shape index (κ3) is 19.8. The van der Waals surface area contributed by atoms with Gasteiger partial charge >= 0.3 is 5.97 Å². The van der Waals surface area contributed by atoms with E-state index in [-0.39, 0.29) is 66.8 Å². The molecule has 0 radical (unpaired) electrons. The van der Waals surface area contributed by atoms with Crippen molar-refractivity contribution in [1.29, 1.82) is 0 Å². The summed E-state index contributed by atoms with van der Waals surface area (Å²) < 4.78 is 49.9. The third-order valence-electron chi connectivity index (χ3n) is 11.9. The van der Waals surface area contributed by atoms with Crippen molar-refractivity contribution < 1.29 is 65.2 Å². The average Bonchev–Trinajstić information content (AvgIpc) is 4.07. The van der Waals surface area contributed by atoms with Crippen LogP contribution in [-0.2, 0) is 67.7 Å². The molecule has 2 aliphatic rings. The number of quaternary nitrogens is 1. The highest BCUT2D eigenvalue weighted by molar-refractivity contribution is 7.84. The van der Waals surface area contributed by atoms with E-state index in [0.29, 0.717) is 58.0 Å². The largest absolute Gasteiger partial charge is 0.748 e. The van der Waals surface area contributed by atoms with Gasteiger partial charge in [-0.3, -0.25) is 33.7 Å². The Bertz CT molecular complexity index is 2440. The van der Waals surface area contributed by atoms with Crippen LogP contribution in [0.25, 0.3) is 0 Å². The van der Waals surface area contributed by atoms with Crippen LogP contribution in [0.5, 0.6) is 11.5 Å². The van der Waals surface area contributed by atoms with Crippen molar-refractivity contribution in [3.05, 3.63) is 95.6 Å². The van der Waals surface area contributed by atoms with Gasteiger partial charge in [0.15, 0.2) is 23.6 Å². The predicted octanol–water partition coefficient (Wildman–Crippen LogP) is 3.70. The molecule has 2 saturated heterocycles. The molecule has 2 fully saturated rings. The van der Waals surface area contributed by atoms with Crippen LogP contribution < -0.4 is 25.4 Å². The number of amides is 5. The van der Waals surface area contributed by atoms with Crippen LogP contribution in [0.4, 0.5) is 0 Å². The second-order valence-electron chi connectivity index (χ2n) is 19.3. The molecule has 3 aromatic rings. The fourth-order valence-electron chi connectivity index (χ4n) is 8.13. The standard InChI is InChI=1S/C52H67N5O10.CH4O3S/c1-8-27-65-46-32-41(20-22-45(46)67-38(6)58)33-57(25-28-64-29-26-57)34-47(59)56(51(63)52(7)35-66-52)44(21-19-39-15-11-9-12-16-39)50(62)55-42(30-37(4)5)49(61)54-43(31-40-17-13-10-14-18-40)48(60)53-24-23-36(2)3;1-5(2,3)4/h1,9-18,20,22,32,36-37,42-44H,19,21,23-31,33-35H2,2-7H3,(H2-,53,54,55,60,61,62);1H3,(H,2,3,4)/t42-,43-,44-,52+;/m0./s1. The number of carbonyl (C=O) groups excluding carboxylic acids is 6. The lowest BCUT2D eigenvalue weighted by atomic mass is 9.98. The third-order valence-corrected chi connectivity index (χ3v) is 11.9. The Labute approximate surface area is 424 Å². The number of ether oxygens (including phenoxy) is 4. The highest BCUT2D eigenvalue weighted by Gasteiger charge is 2.54. The second kappa shape index (κ2) is 27.6. The van der Waals surface area contributed by atoms with Crippen LogP contribution in [0.15, 0.2) is 78.9 Å². The van der Waals surface area contributed by atoms with Gasteiger partial charge in [-0.05, 0) is 73.8 Å². The van der Waals surface area contributed by atoms with Crippen molar-refractivity contribution in [3.63, 3.8) is 0 Å². The molecule has 0 unspecified atom stereocenters. The van der Waals surface area contributed by atoms with E-state index in [4.69, 9.17) is 38.3 Å². The molecule has 0 aliphatic carbocycles. The maximum Gasteiger partial charge on any atom is 0.308 e. The minimum Gasteiger partial charge on any atom is -0.748 e. The van der Waals surface area contributed by atoms with Crippen molar-refractivity contribution in [2.45, 2.75) is 104 Å². The molecule has 0 spiro atoms. The van der Waals surface area contributed by atoms with Crippen LogP contribution in [0.1, 0.15) is 77.5 Å². The Morgan fingerprint density at radius 2 is 1.43 bits per heavy atom. The van der Waals surface area contributed by atoms with Crippen LogP contribution >= 0.6 is 0 Å². The second-order valence-corrected chi connectivity index (χ2v) is 20.7. The summed E-state index contributed by atoms with van der Waals surface area (Å²) in [7, 11) is -3.92. The monoisotopic (exact) mass is 1020 g/mol. The summed E-state index contributed by atoms with van der Waals surface area (Å²) in [5.41, 5.74) is 1.13. The Kier molecular flexibility index (Phi) is 22.4. The van der Waals surface area contributed by atoms with Gasteiger partial charge in [-0.2, -0.15) is 0 Å². The summed E-state index contributed by atoms with van der Waals surface area (Å²) in [5.74, 6) is -0.213. The lowest BCUT2D eigenvalue weighted by molar-refractivity contribution is -0.940. The quantitative estimate of drug-likeness (QED) is 0.0290. The van der Waals surface area contributed by atoms with E-state index in [9.17, 15) is 19.2 Å². The minimum absolute atomic E-state index is 0.0465. The van der Waals surface area contributed by atoms with Gasteiger partial charge in [0.05, 0.1) is 29.9 Å². The molecule has 4 atom stereocenters. The number of epoxide rings is 1. The first kappa shape index (κ1) is 58.4. The Morgan fingerprint density at radius 3 is 1.99 bits per heavy atom. The summed E-state index contributed by atoms with van der Waals surface area (Å²) in [6.45, 7) is 12.8. The molecule has 0 aromatic heterocycles. The number of morpholine rings is 1. The molecule has 72 heavy (non-hydrogen) atoms. The fraction of sp³-hybridized carbons (Fsp3) is 0.509. The summed E-state index contributed by atoms with van der Waals surface area (Å²) in [5, 5.41) is 8.86. The molecular weight excluding hydrogens is 947 g/mol. The van der Waals surface area contributed by atoms with Gasteiger partial charge in [0, 0.05) is 31.7 Å². The predicted molar refractivity (Wildman–Crippen MR) is 268 cm³/mol. The van der Waals surface area contributed by atoms with Gasteiger partial charge in [0.25, 0.3) is 11.8 Å². The van der Waals surface area contributed by atoms with E-state index in [0.717, 1.165) is 28.0 Å². The Morgan fingerprint density at radius 1 is 0.833 bits per heavy atom. The summed E-state index contributed by atoms with van der Waals surface area (Å²) in [6, 6.07) is 20.5. The van der Waals surface area contributed by atoms with Gasteiger partial charge in [0.2, 0.25) is 17.7 Å². The number of hydrogen-bond acceptors (Lipinski definition) is 13. The van der Waals surface area contributed by atoms with Gasteiger partial charge in [-0.15, -0.1) is 6.42 Å². The molecule has 5 rings (SSSR count). The van der Waals surface area contributed by atoms with Crippen molar-refractivity contribution in [1.82, 2.24) is 20.9 Å². The molecule has 19 heteroatoms. The summed E-state index contributed by atoms with van der Waals surface area (Å²) >= 11 is 0. The number of aryl methyl sites for hydroxylation is 1. The first-order valence-corrected chi connectivity index (χ1v) is 26.0. The SMILES string of the molecule is C#CCOc1cc(C[N+]2(CC(=O)N(C(=O)[C@@]3(C)CO3)[C@@H](CCc3ccccc3)C(=O)N[C@@H](CC(C)C)C(=O)N[C@@H](Cc3ccccc3)C(=O)NCCC(C)C)CCOCC2)ccc1OC(C)=O.CS(=O)(=O)[O-]. The maximum absolute atomic E-state index is 15.2. The van der Waals surface area contributed by atoms with E-state index in [1.54, 1.807) is 25.1 Å². The molecule has 18 nitrogen and oxygen atoms in total. The molecule has 2 heterocycles. The first-order chi connectivity index (χ1) is 34.0. The smallest absolute Gasteiger partial charge is 0.308 e. The Hall–Kier alpha value is -6.17. The number of carbonyl (C=O) groups is 6. The Balaban J connectivity index is 0.00000214. The van der Waals surface area contributed by atoms with E-state index < -0.39 is 63.4 Å². The number of benzene rings is 3. The summed E-state index contributed by atoms with van der Waals surface area (Å²) in [4.78, 5) is 85.9. The highest BCUT2D eigenvalue weighted by atomic mass is 32.2. The fourth-order valence-corrected chi connectivity index (χ4v) is 8.13. The van der Waals surface area contributed by atoms with Crippen molar-refractivity contribution in [3.8, 4) is 23.8 Å². The van der Waals surface area contributed by atoms with Gasteiger partial charge < -0.3 is 43.9 Å². The molecule has 0 saturated carbocycles. The number of nitrogens with zero attached hydrogens (tertiary/aromatic N) is 2. The number of hydrogen-bond donors (Lipinski definition) is 3. The van der Waals surface area contributed by atoms with Gasteiger partial charge in [-0.25, -0.2) is 8.42 Å². The molecule has 3 aromatic carbocycles. The number of imide groups is 1. The van der Waals surface area contributed by atoms with Crippen LogP contribution in [0.2, 0.25) is 0 Å². The first-order valence-electron chi connectivity index (χ1n) is 24.2. The van der Waals surface area contributed by atoms with E-state index in [1.165, 1.54) is 6.92 Å². The van der Waals surface area contributed by atoms with Crippen molar-refractivity contribution in [2.24, 2.45) is 11.8 Å².